The third kappa shape index (κ3) is 5.11. The van der Waals surface area contributed by atoms with Crippen LogP contribution in [0.5, 0.6) is 11.5 Å². The van der Waals surface area contributed by atoms with Gasteiger partial charge in [0.2, 0.25) is 0 Å². The lowest BCUT2D eigenvalue weighted by atomic mass is 10.0. The second-order valence-corrected chi connectivity index (χ2v) is 8.19. The standard InChI is InChI=1S/C24H27FN4O6/c25-17-3-1-15(2-4-17)13-16-14-27-19-20-22(16)35-12-9-29(20)24(34)18(21(19)32)23(33)26-5-6-28(7-10-30)8-11-31/h1-4,14,30-32H,5-13H2,(H,26,33). The lowest BCUT2D eigenvalue weighted by molar-refractivity contribution is 0.0939. The maximum Gasteiger partial charge on any atom is 0.268 e. The zero-order chi connectivity index (χ0) is 24.9. The predicted molar refractivity (Wildman–Crippen MR) is 125 cm³/mol. The van der Waals surface area contributed by atoms with Crippen LogP contribution in [0.1, 0.15) is 21.5 Å². The zero-order valence-electron chi connectivity index (χ0n) is 19.0. The minimum absolute atomic E-state index is 0.0782. The van der Waals surface area contributed by atoms with E-state index >= 15 is 0 Å². The van der Waals surface area contributed by atoms with E-state index in [0.717, 1.165) is 5.56 Å². The number of hydrogen-bond donors (Lipinski definition) is 4. The first-order valence-corrected chi connectivity index (χ1v) is 11.3. The number of hydrogen-bond acceptors (Lipinski definition) is 8. The molecule has 1 aliphatic heterocycles. The van der Waals surface area contributed by atoms with E-state index in [4.69, 9.17) is 14.9 Å². The normalized spacial score (nSPS) is 12.7. The van der Waals surface area contributed by atoms with Crippen molar-refractivity contribution >= 4 is 16.9 Å². The number of ether oxygens (including phenoxy) is 1. The summed E-state index contributed by atoms with van der Waals surface area (Å²) >= 11 is 0. The molecule has 186 valence electrons. The summed E-state index contributed by atoms with van der Waals surface area (Å²) < 4.78 is 20.5. The number of nitrogens with one attached hydrogen (secondary N) is 1. The van der Waals surface area contributed by atoms with Crippen LogP contribution in [-0.2, 0) is 13.0 Å². The number of aromatic hydroxyl groups is 1. The Morgan fingerprint density at radius 1 is 1.17 bits per heavy atom. The van der Waals surface area contributed by atoms with E-state index in [1.807, 2.05) is 0 Å². The van der Waals surface area contributed by atoms with E-state index in [-0.39, 0.29) is 44.2 Å². The van der Waals surface area contributed by atoms with Gasteiger partial charge in [-0.05, 0) is 17.7 Å². The van der Waals surface area contributed by atoms with Gasteiger partial charge < -0.3 is 25.4 Å². The van der Waals surface area contributed by atoms with Crippen LogP contribution in [0.3, 0.4) is 0 Å². The molecule has 35 heavy (non-hydrogen) atoms. The number of amides is 1. The van der Waals surface area contributed by atoms with Crippen LogP contribution >= 0.6 is 0 Å². The highest BCUT2D eigenvalue weighted by Gasteiger charge is 2.28. The first-order valence-electron chi connectivity index (χ1n) is 11.3. The molecule has 0 radical (unpaired) electrons. The topological polar surface area (TPSA) is 137 Å². The Morgan fingerprint density at radius 3 is 2.57 bits per heavy atom. The molecule has 1 amide bonds. The minimum atomic E-state index is -0.740. The van der Waals surface area contributed by atoms with Gasteiger partial charge in [-0.25, -0.2) is 4.39 Å². The summed E-state index contributed by atoms with van der Waals surface area (Å²) in [5.41, 5.74) is 0.826. The van der Waals surface area contributed by atoms with Crippen molar-refractivity contribution < 1.29 is 29.2 Å². The fraction of sp³-hybridized carbons (Fsp3) is 0.375. The zero-order valence-corrected chi connectivity index (χ0v) is 19.0. The lowest BCUT2D eigenvalue weighted by Crippen LogP contribution is -2.40. The van der Waals surface area contributed by atoms with E-state index in [2.05, 4.69) is 10.3 Å². The summed E-state index contributed by atoms with van der Waals surface area (Å²) in [5, 5.41) is 31.7. The highest BCUT2D eigenvalue weighted by atomic mass is 19.1. The molecule has 3 aromatic rings. The van der Waals surface area contributed by atoms with Crippen LogP contribution in [0.2, 0.25) is 0 Å². The highest BCUT2D eigenvalue weighted by Crippen LogP contribution is 2.36. The minimum Gasteiger partial charge on any atom is -0.505 e. The predicted octanol–water partition coefficient (Wildman–Crippen LogP) is 0.241. The van der Waals surface area contributed by atoms with Gasteiger partial charge in [-0.15, -0.1) is 0 Å². The first kappa shape index (κ1) is 24.6. The molecule has 4 rings (SSSR count). The molecule has 0 atom stereocenters. The number of aliphatic hydroxyl groups is 2. The van der Waals surface area contributed by atoms with E-state index < -0.39 is 22.8 Å². The maximum atomic E-state index is 13.3. The number of aliphatic hydroxyl groups excluding tert-OH is 2. The number of nitrogens with zero attached hydrogens (tertiary/aromatic N) is 3. The average molecular weight is 487 g/mol. The molecular weight excluding hydrogens is 459 g/mol. The summed E-state index contributed by atoms with van der Waals surface area (Å²) in [4.78, 5) is 32.1. The third-order valence-electron chi connectivity index (χ3n) is 5.91. The molecule has 0 aliphatic carbocycles. The summed E-state index contributed by atoms with van der Waals surface area (Å²) in [6.07, 6.45) is 1.90. The van der Waals surface area contributed by atoms with Crippen molar-refractivity contribution in [3.63, 3.8) is 0 Å². The Bertz CT molecular complexity index is 1270. The molecule has 10 nitrogen and oxygen atoms in total. The van der Waals surface area contributed by atoms with Crippen LogP contribution < -0.4 is 15.6 Å². The molecule has 0 saturated heterocycles. The highest BCUT2D eigenvalue weighted by molar-refractivity contribution is 6.02. The molecule has 11 heteroatoms. The fourth-order valence-electron chi connectivity index (χ4n) is 4.20. The molecule has 0 bridgehead atoms. The first-order chi connectivity index (χ1) is 16.9. The number of carbonyl (C=O) groups excluding carboxylic acids is 1. The van der Waals surface area contributed by atoms with Crippen molar-refractivity contribution in [2.45, 2.75) is 13.0 Å². The number of carbonyl (C=O) groups is 1. The van der Waals surface area contributed by atoms with Gasteiger partial charge in [-0.1, -0.05) is 12.1 Å². The largest absolute Gasteiger partial charge is 0.505 e. The molecule has 4 N–H and O–H groups in total. The van der Waals surface area contributed by atoms with Crippen molar-refractivity contribution in [1.82, 2.24) is 19.8 Å². The Hall–Kier alpha value is -3.54. The second kappa shape index (κ2) is 10.8. The monoisotopic (exact) mass is 486 g/mol. The second-order valence-electron chi connectivity index (χ2n) is 8.19. The Labute approximate surface area is 200 Å². The number of benzene rings is 1. The maximum absolute atomic E-state index is 13.3. The number of pyridine rings is 2. The average Bonchev–Trinajstić information content (AvgIpc) is 2.85. The number of halogens is 1. The molecule has 0 spiro atoms. The smallest absolute Gasteiger partial charge is 0.268 e. The number of rotatable bonds is 10. The van der Waals surface area contributed by atoms with E-state index in [0.29, 0.717) is 42.9 Å². The quantitative estimate of drug-likeness (QED) is 0.320. The SMILES string of the molecule is O=C(NCCN(CCO)CCO)c1c(O)c2ncc(Cc3ccc(F)cc3)c3c2n(c1=O)CCO3. The van der Waals surface area contributed by atoms with Gasteiger partial charge in [0.1, 0.15) is 29.0 Å². The Kier molecular flexibility index (Phi) is 7.59. The summed E-state index contributed by atoms with van der Waals surface area (Å²) in [6, 6.07) is 6.01. The molecule has 3 heterocycles. The Balaban J connectivity index is 1.64. The molecule has 2 aromatic heterocycles. The van der Waals surface area contributed by atoms with Crippen molar-refractivity contribution in [2.24, 2.45) is 0 Å². The van der Waals surface area contributed by atoms with E-state index in [1.165, 1.54) is 22.9 Å². The molecular formula is C24H27FN4O6. The van der Waals surface area contributed by atoms with Gasteiger partial charge in [0.15, 0.2) is 11.5 Å². The third-order valence-corrected chi connectivity index (χ3v) is 5.91. The molecule has 0 fully saturated rings. The van der Waals surface area contributed by atoms with Crippen LogP contribution in [0, 0.1) is 5.82 Å². The van der Waals surface area contributed by atoms with Gasteiger partial charge in [0.05, 0.1) is 19.8 Å². The summed E-state index contributed by atoms with van der Waals surface area (Å²) in [6.45, 7) is 1.35. The van der Waals surface area contributed by atoms with Gasteiger partial charge in [0, 0.05) is 44.4 Å². The van der Waals surface area contributed by atoms with Crippen LogP contribution in [-0.4, -0.2) is 81.7 Å². The van der Waals surface area contributed by atoms with Gasteiger partial charge >= 0.3 is 0 Å². The summed E-state index contributed by atoms with van der Waals surface area (Å²) in [7, 11) is 0. The van der Waals surface area contributed by atoms with Crippen LogP contribution in [0.25, 0.3) is 11.0 Å². The summed E-state index contributed by atoms with van der Waals surface area (Å²) in [5.74, 6) is -1.21. The van der Waals surface area contributed by atoms with Gasteiger partial charge in [0.25, 0.3) is 11.5 Å². The molecule has 0 saturated carbocycles. The van der Waals surface area contributed by atoms with Crippen molar-refractivity contribution in [3.8, 4) is 11.5 Å². The molecule has 0 unspecified atom stereocenters. The molecule has 1 aliphatic rings. The fourth-order valence-corrected chi connectivity index (χ4v) is 4.20. The van der Waals surface area contributed by atoms with E-state index in [1.54, 1.807) is 17.0 Å². The van der Waals surface area contributed by atoms with Gasteiger partial charge in [-0.3, -0.25) is 24.0 Å². The number of aromatic nitrogens is 2. The lowest BCUT2D eigenvalue weighted by Gasteiger charge is -2.24. The van der Waals surface area contributed by atoms with Crippen LogP contribution in [0.4, 0.5) is 4.39 Å². The van der Waals surface area contributed by atoms with Crippen LogP contribution in [0.15, 0.2) is 35.3 Å². The van der Waals surface area contributed by atoms with E-state index in [9.17, 15) is 19.1 Å². The van der Waals surface area contributed by atoms with Crippen molar-refractivity contribution in [2.75, 3.05) is 46.0 Å². The van der Waals surface area contributed by atoms with Crippen molar-refractivity contribution in [3.05, 3.63) is 63.3 Å². The van der Waals surface area contributed by atoms with Gasteiger partial charge in [-0.2, -0.15) is 0 Å². The molecule has 1 aromatic carbocycles. The Morgan fingerprint density at radius 2 is 1.89 bits per heavy atom. The van der Waals surface area contributed by atoms with Crippen molar-refractivity contribution in [1.29, 1.82) is 0 Å².